The van der Waals surface area contributed by atoms with Gasteiger partial charge in [-0.3, -0.25) is 0 Å². The highest BCUT2D eigenvalue weighted by molar-refractivity contribution is 5.88. The van der Waals surface area contributed by atoms with Crippen molar-refractivity contribution in [2.24, 2.45) is 0 Å². The molecule has 1 atom stereocenters. The summed E-state index contributed by atoms with van der Waals surface area (Å²) in [5.74, 6) is -0.236. The summed E-state index contributed by atoms with van der Waals surface area (Å²) < 4.78 is 5.16. The molecule has 15 heavy (non-hydrogen) atoms. The molecule has 0 radical (unpaired) electrons. The lowest BCUT2D eigenvalue weighted by Crippen LogP contribution is -2.16. The Kier molecular flexibility index (Phi) is 4.89. The van der Waals surface area contributed by atoms with Gasteiger partial charge in [-0.2, -0.15) is 5.26 Å². The Morgan fingerprint density at radius 1 is 1.60 bits per heavy atom. The molecule has 0 heterocycles. The quantitative estimate of drug-likeness (QED) is 0.668. The zero-order chi connectivity index (χ0) is 11.1. The molecule has 0 saturated heterocycles. The van der Waals surface area contributed by atoms with Crippen LogP contribution in [0.25, 0.3) is 0 Å². The van der Waals surface area contributed by atoms with Crippen LogP contribution in [0.3, 0.4) is 0 Å². The molecular formula is C12H17NO2. The van der Waals surface area contributed by atoms with Gasteiger partial charge in [-0.15, -0.1) is 0 Å². The molecule has 0 aromatic rings. The van der Waals surface area contributed by atoms with Crippen molar-refractivity contribution in [2.75, 3.05) is 0 Å². The number of carbonyl (C=O) groups excluding carboxylic acids is 1. The fourth-order valence-corrected chi connectivity index (χ4v) is 1.63. The van der Waals surface area contributed by atoms with Gasteiger partial charge < -0.3 is 4.74 Å². The molecule has 0 N–H and O–H groups in total. The summed E-state index contributed by atoms with van der Waals surface area (Å²) in [5, 5.41) is 8.45. The van der Waals surface area contributed by atoms with Crippen LogP contribution in [0, 0.1) is 11.3 Å². The van der Waals surface area contributed by atoms with Gasteiger partial charge in [0.25, 0.3) is 0 Å². The van der Waals surface area contributed by atoms with Gasteiger partial charge in [0.05, 0.1) is 12.5 Å². The monoisotopic (exact) mass is 207 g/mol. The number of hydrogen-bond acceptors (Lipinski definition) is 3. The molecule has 0 aromatic carbocycles. The van der Waals surface area contributed by atoms with Crippen molar-refractivity contribution < 1.29 is 9.53 Å². The van der Waals surface area contributed by atoms with Crippen molar-refractivity contribution >= 4 is 5.97 Å². The minimum atomic E-state index is -0.299. The first-order chi connectivity index (χ1) is 7.24. The fourth-order valence-electron chi connectivity index (χ4n) is 1.63. The Bertz CT molecular complexity index is 288. The number of nitriles is 1. The van der Waals surface area contributed by atoms with Crippen LogP contribution in [-0.2, 0) is 9.53 Å². The van der Waals surface area contributed by atoms with E-state index in [1.165, 1.54) is 6.42 Å². The van der Waals surface area contributed by atoms with Gasteiger partial charge in [0.2, 0.25) is 0 Å². The van der Waals surface area contributed by atoms with Gasteiger partial charge in [0, 0.05) is 5.57 Å². The Hall–Kier alpha value is -1.30. The smallest absolute Gasteiger partial charge is 0.333 e. The number of ether oxygens (including phenoxy) is 1. The van der Waals surface area contributed by atoms with Crippen molar-refractivity contribution in [1.29, 1.82) is 5.26 Å². The maximum Gasteiger partial charge on any atom is 0.333 e. The molecule has 0 aliphatic heterocycles. The Labute approximate surface area is 90.7 Å². The average Bonchev–Trinajstić information content (AvgIpc) is 2.45. The highest BCUT2D eigenvalue weighted by atomic mass is 16.5. The van der Waals surface area contributed by atoms with E-state index in [4.69, 9.17) is 10.00 Å². The van der Waals surface area contributed by atoms with E-state index >= 15 is 0 Å². The number of esters is 1. The third kappa shape index (κ3) is 4.16. The molecule has 0 aromatic heterocycles. The number of nitrogens with zero attached hydrogens (tertiary/aromatic N) is 1. The lowest BCUT2D eigenvalue weighted by atomic mass is 10.1. The van der Waals surface area contributed by atoms with Crippen LogP contribution in [0.2, 0.25) is 0 Å². The summed E-state index contributed by atoms with van der Waals surface area (Å²) in [7, 11) is 0. The third-order valence-corrected chi connectivity index (χ3v) is 2.49. The van der Waals surface area contributed by atoms with Gasteiger partial charge in [-0.1, -0.05) is 12.5 Å². The Balaban J connectivity index is 2.45. The maximum absolute atomic E-state index is 11.6. The second kappa shape index (κ2) is 6.23. The topological polar surface area (TPSA) is 50.1 Å². The highest BCUT2D eigenvalue weighted by Crippen LogP contribution is 2.18. The SMILES string of the molecule is C[C@@H](CC#N)OC(=O)C1=CCCCCC1. The van der Waals surface area contributed by atoms with Gasteiger partial charge in [0.1, 0.15) is 6.10 Å². The van der Waals surface area contributed by atoms with Gasteiger partial charge in [0.15, 0.2) is 0 Å². The van der Waals surface area contributed by atoms with E-state index in [1.807, 2.05) is 12.1 Å². The van der Waals surface area contributed by atoms with Crippen molar-refractivity contribution in [3.63, 3.8) is 0 Å². The minimum absolute atomic E-state index is 0.236. The van der Waals surface area contributed by atoms with E-state index < -0.39 is 0 Å². The second-order valence-corrected chi connectivity index (χ2v) is 3.91. The number of allylic oxidation sites excluding steroid dienone is 1. The van der Waals surface area contributed by atoms with Gasteiger partial charge in [-0.25, -0.2) is 4.79 Å². The maximum atomic E-state index is 11.6. The fraction of sp³-hybridized carbons (Fsp3) is 0.667. The molecule has 1 rings (SSSR count). The predicted molar refractivity (Wildman–Crippen MR) is 57.0 cm³/mol. The van der Waals surface area contributed by atoms with Crippen molar-refractivity contribution in [3.8, 4) is 6.07 Å². The number of rotatable bonds is 3. The van der Waals surface area contributed by atoms with Crippen LogP contribution in [0.15, 0.2) is 11.6 Å². The van der Waals surface area contributed by atoms with Crippen molar-refractivity contribution in [3.05, 3.63) is 11.6 Å². The molecule has 0 spiro atoms. The van der Waals surface area contributed by atoms with Gasteiger partial charge in [-0.05, 0) is 32.6 Å². The molecular weight excluding hydrogens is 190 g/mol. The van der Waals surface area contributed by atoms with Crippen LogP contribution >= 0.6 is 0 Å². The Morgan fingerprint density at radius 3 is 3.13 bits per heavy atom. The van der Waals surface area contributed by atoms with Crippen LogP contribution in [0.4, 0.5) is 0 Å². The average molecular weight is 207 g/mol. The molecule has 0 fully saturated rings. The van der Waals surface area contributed by atoms with Gasteiger partial charge >= 0.3 is 5.97 Å². The second-order valence-electron chi connectivity index (χ2n) is 3.91. The third-order valence-electron chi connectivity index (χ3n) is 2.49. The van der Waals surface area contributed by atoms with Crippen molar-refractivity contribution in [2.45, 2.75) is 51.6 Å². The summed E-state index contributed by atoms with van der Waals surface area (Å²) >= 11 is 0. The molecule has 0 amide bonds. The largest absolute Gasteiger partial charge is 0.458 e. The predicted octanol–water partition coefficient (Wildman–Crippen LogP) is 2.72. The van der Waals surface area contributed by atoms with E-state index in [-0.39, 0.29) is 18.5 Å². The first-order valence-corrected chi connectivity index (χ1v) is 5.51. The number of hydrogen-bond donors (Lipinski definition) is 0. The van der Waals surface area contributed by atoms with Crippen LogP contribution in [0.5, 0.6) is 0 Å². The molecule has 82 valence electrons. The highest BCUT2D eigenvalue weighted by Gasteiger charge is 2.15. The summed E-state index contributed by atoms with van der Waals surface area (Å²) in [6.45, 7) is 1.75. The summed E-state index contributed by atoms with van der Waals surface area (Å²) in [6, 6.07) is 1.99. The van der Waals surface area contributed by atoms with E-state index in [0.29, 0.717) is 0 Å². The summed E-state index contributed by atoms with van der Waals surface area (Å²) in [4.78, 5) is 11.6. The Morgan fingerprint density at radius 2 is 2.40 bits per heavy atom. The minimum Gasteiger partial charge on any atom is -0.458 e. The van der Waals surface area contributed by atoms with Crippen LogP contribution in [-0.4, -0.2) is 12.1 Å². The molecule has 0 unspecified atom stereocenters. The molecule has 0 saturated carbocycles. The molecule has 1 aliphatic carbocycles. The lowest BCUT2D eigenvalue weighted by Gasteiger charge is -2.11. The zero-order valence-corrected chi connectivity index (χ0v) is 9.16. The van der Waals surface area contributed by atoms with E-state index in [1.54, 1.807) is 6.92 Å². The first-order valence-electron chi connectivity index (χ1n) is 5.51. The molecule has 3 nitrogen and oxygen atoms in total. The van der Waals surface area contributed by atoms with Crippen LogP contribution in [0.1, 0.15) is 45.4 Å². The first kappa shape index (κ1) is 11.8. The molecule has 1 aliphatic rings. The van der Waals surface area contributed by atoms with Crippen LogP contribution < -0.4 is 0 Å². The number of carbonyl (C=O) groups is 1. The lowest BCUT2D eigenvalue weighted by molar-refractivity contribution is -0.143. The van der Waals surface area contributed by atoms with E-state index in [2.05, 4.69) is 0 Å². The molecule has 3 heteroatoms. The zero-order valence-electron chi connectivity index (χ0n) is 9.16. The molecule has 0 bridgehead atoms. The normalized spacial score (nSPS) is 18.3. The van der Waals surface area contributed by atoms with Crippen molar-refractivity contribution in [1.82, 2.24) is 0 Å². The standard InChI is InChI=1S/C12H17NO2/c1-10(8-9-13)15-12(14)11-6-4-2-3-5-7-11/h6,10H,2-5,7-8H2,1H3/t10-/m0/s1. The van der Waals surface area contributed by atoms with E-state index in [0.717, 1.165) is 31.3 Å². The summed E-state index contributed by atoms with van der Waals surface area (Å²) in [6.07, 6.45) is 7.13. The summed E-state index contributed by atoms with van der Waals surface area (Å²) in [5.41, 5.74) is 0.789. The van der Waals surface area contributed by atoms with E-state index in [9.17, 15) is 4.79 Å².